The molecule has 0 saturated heterocycles. The minimum Gasteiger partial charge on any atom is -0.469 e. The topological polar surface area (TPSA) is 59.1 Å². The molecule has 6 nitrogen and oxygen atoms in total. The maximum atomic E-state index is 13.6. The van der Waals surface area contributed by atoms with Crippen LogP contribution in [0.4, 0.5) is 21.0 Å². The molecule has 0 heterocycles. The summed E-state index contributed by atoms with van der Waals surface area (Å²) in [6.07, 6.45) is 0. The van der Waals surface area contributed by atoms with E-state index in [-0.39, 0.29) is 13.2 Å². The lowest BCUT2D eigenvalue weighted by atomic mass is 10.3. The Hall–Kier alpha value is -2.80. The summed E-state index contributed by atoms with van der Waals surface area (Å²) < 4.78 is 11.0. The van der Waals surface area contributed by atoms with Crippen molar-refractivity contribution in [2.24, 2.45) is 0 Å². The van der Waals surface area contributed by atoms with E-state index in [1.165, 1.54) is 0 Å². The van der Waals surface area contributed by atoms with Gasteiger partial charge in [-0.25, -0.2) is 0 Å². The Morgan fingerprint density at radius 1 is 0.606 bits per heavy atom. The van der Waals surface area contributed by atoms with Crippen molar-refractivity contribution in [2.45, 2.75) is 41.5 Å². The van der Waals surface area contributed by atoms with Crippen LogP contribution in [0.5, 0.6) is 0 Å². The van der Waals surface area contributed by atoms with E-state index >= 15 is 0 Å². The van der Waals surface area contributed by atoms with Crippen LogP contribution in [-0.2, 0) is 9.47 Å². The summed E-state index contributed by atoms with van der Waals surface area (Å²) in [5, 5.41) is 1.34. The Morgan fingerprint density at radius 3 is 1.15 bits per heavy atom. The third-order valence-electron chi connectivity index (χ3n) is 6.02. The SMILES string of the molecule is CCOC(=O)[Si](C(=O)OCC)(c1ccc(N(CC)CC)cc1)c1ccc(N(CC)CC)cc1. The van der Waals surface area contributed by atoms with Crippen LogP contribution < -0.4 is 20.2 Å². The Balaban J connectivity index is 2.71. The van der Waals surface area contributed by atoms with E-state index in [0.29, 0.717) is 10.4 Å². The quantitative estimate of drug-likeness (QED) is 0.428. The van der Waals surface area contributed by atoms with Crippen LogP contribution in [0.3, 0.4) is 0 Å². The van der Waals surface area contributed by atoms with E-state index in [9.17, 15) is 9.59 Å². The predicted octanol–water partition coefficient (Wildman–Crippen LogP) is 4.42. The van der Waals surface area contributed by atoms with Crippen molar-refractivity contribution >= 4 is 41.0 Å². The number of hydrogen-bond acceptors (Lipinski definition) is 6. The molecule has 180 valence electrons. The molecule has 0 saturated carbocycles. The lowest BCUT2D eigenvalue weighted by molar-refractivity contribution is 0.168. The molecule has 0 aliphatic carbocycles. The predicted molar refractivity (Wildman–Crippen MR) is 139 cm³/mol. The summed E-state index contributed by atoms with van der Waals surface area (Å²) in [4.78, 5) is 31.6. The number of benzene rings is 2. The second kappa shape index (κ2) is 12.4. The number of ether oxygens (including phenoxy) is 2. The van der Waals surface area contributed by atoms with Crippen molar-refractivity contribution in [3.05, 3.63) is 48.5 Å². The highest BCUT2D eigenvalue weighted by Gasteiger charge is 2.56. The van der Waals surface area contributed by atoms with Crippen molar-refractivity contribution in [1.29, 1.82) is 0 Å². The molecule has 2 rings (SSSR count). The molecule has 33 heavy (non-hydrogen) atoms. The maximum Gasteiger partial charge on any atom is 0.370 e. The largest absolute Gasteiger partial charge is 0.469 e. The first kappa shape index (κ1) is 26.4. The fourth-order valence-electron chi connectivity index (χ4n) is 4.22. The first-order valence-electron chi connectivity index (χ1n) is 12.0. The van der Waals surface area contributed by atoms with Gasteiger partial charge in [-0.1, -0.05) is 24.3 Å². The Bertz CT molecular complexity index is 816. The van der Waals surface area contributed by atoms with Gasteiger partial charge in [-0.05, 0) is 76.2 Å². The highest BCUT2D eigenvalue weighted by atomic mass is 28.3. The second-order valence-corrected chi connectivity index (χ2v) is 11.1. The smallest absolute Gasteiger partial charge is 0.370 e. The minimum absolute atomic E-state index is 0.196. The highest BCUT2D eigenvalue weighted by Crippen LogP contribution is 2.20. The van der Waals surface area contributed by atoms with Gasteiger partial charge in [0.2, 0.25) is 0 Å². The van der Waals surface area contributed by atoms with Crippen molar-refractivity contribution in [3.63, 3.8) is 0 Å². The van der Waals surface area contributed by atoms with Gasteiger partial charge >= 0.3 is 8.07 Å². The van der Waals surface area contributed by atoms with Crippen LogP contribution in [0.25, 0.3) is 0 Å². The van der Waals surface area contributed by atoms with Gasteiger partial charge in [0.05, 0.1) is 13.2 Å². The zero-order valence-electron chi connectivity index (χ0n) is 20.9. The first-order chi connectivity index (χ1) is 15.9. The van der Waals surface area contributed by atoms with E-state index in [1.54, 1.807) is 13.8 Å². The third kappa shape index (κ3) is 5.41. The first-order valence-corrected chi connectivity index (χ1v) is 14.0. The third-order valence-corrected chi connectivity index (χ3v) is 9.93. The summed E-state index contributed by atoms with van der Waals surface area (Å²) in [7, 11) is -3.71. The van der Waals surface area contributed by atoms with Gasteiger partial charge in [-0.3, -0.25) is 9.59 Å². The van der Waals surface area contributed by atoms with Crippen LogP contribution in [-0.4, -0.2) is 58.7 Å². The molecule has 0 aromatic heterocycles. The van der Waals surface area contributed by atoms with E-state index in [1.807, 2.05) is 48.5 Å². The van der Waals surface area contributed by atoms with Crippen LogP contribution >= 0.6 is 0 Å². The molecule has 0 amide bonds. The molecule has 0 aliphatic rings. The maximum absolute atomic E-state index is 13.6. The van der Waals surface area contributed by atoms with Crippen LogP contribution in [0.1, 0.15) is 41.5 Å². The highest BCUT2D eigenvalue weighted by molar-refractivity contribution is 7.37. The molecule has 0 N–H and O–H groups in total. The Labute approximate surface area is 199 Å². The number of nitrogens with zero attached hydrogens (tertiary/aromatic N) is 2. The summed E-state index contributed by atoms with van der Waals surface area (Å²) in [5.41, 5.74) is 1.12. The molecule has 7 heteroatoms. The fourth-order valence-corrected chi connectivity index (χ4v) is 7.72. The van der Waals surface area contributed by atoms with Gasteiger partial charge < -0.3 is 19.3 Å². The molecule has 0 atom stereocenters. The average Bonchev–Trinajstić information content (AvgIpc) is 2.83. The molecule has 0 radical (unpaired) electrons. The van der Waals surface area contributed by atoms with Crippen LogP contribution in [0, 0.1) is 0 Å². The zero-order chi connectivity index (χ0) is 24.4. The lowest BCUT2D eigenvalue weighted by Gasteiger charge is -2.29. The Morgan fingerprint density at radius 2 is 0.909 bits per heavy atom. The number of hydrogen-bond donors (Lipinski definition) is 0. The van der Waals surface area contributed by atoms with Gasteiger partial charge in [-0.2, -0.15) is 0 Å². The molecule has 0 fully saturated rings. The molecular weight excluding hydrogens is 432 g/mol. The van der Waals surface area contributed by atoms with Gasteiger partial charge in [0.15, 0.2) is 0 Å². The Kier molecular flexibility index (Phi) is 9.97. The fraction of sp³-hybridized carbons (Fsp3) is 0.462. The molecule has 0 aliphatic heterocycles. The normalized spacial score (nSPS) is 11.1. The molecule has 0 unspecified atom stereocenters. The van der Waals surface area contributed by atoms with Gasteiger partial charge in [0, 0.05) is 37.6 Å². The van der Waals surface area contributed by atoms with E-state index in [4.69, 9.17) is 9.47 Å². The summed E-state index contributed by atoms with van der Waals surface area (Å²) in [5.74, 6) is 0. The van der Waals surface area contributed by atoms with E-state index in [0.717, 1.165) is 37.6 Å². The van der Waals surface area contributed by atoms with Gasteiger partial charge in [0.25, 0.3) is 11.2 Å². The molecule has 0 spiro atoms. The summed E-state index contributed by atoms with van der Waals surface area (Å²) in [6.45, 7) is 15.8. The van der Waals surface area contributed by atoms with Crippen molar-refractivity contribution < 1.29 is 19.1 Å². The van der Waals surface area contributed by atoms with Gasteiger partial charge in [0.1, 0.15) is 0 Å². The monoisotopic (exact) mass is 470 g/mol. The number of anilines is 2. The van der Waals surface area contributed by atoms with E-state index < -0.39 is 19.3 Å². The van der Waals surface area contributed by atoms with Crippen molar-refractivity contribution in [3.8, 4) is 0 Å². The second-order valence-electron chi connectivity index (χ2n) is 7.63. The summed E-state index contributed by atoms with van der Waals surface area (Å²) in [6, 6.07) is 15.5. The van der Waals surface area contributed by atoms with E-state index in [2.05, 4.69) is 37.5 Å². The molecule has 0 bridgehead atoms. The number of carbonyl (C=O) groups is 2. The van der Waals surface area contributed by atoms with Crippen molar-refractivity contribution in [2.75, 3.05) is 49.2 Å². The average molecular weight is 471 g/mol. The zero-order valence-corrected chi connectivity index (χ0v) is 21.9. The van der Waals surface area contributed by atoms with Crippen molar-refractivity contribution in [1.82, 2.24) is 0 Å². The molecule has 2 aromatic carbocycles. The molecule has 2 aromatic rings. The van der Waals surface area contributed by atoms with Gasteiger partial charge in [-0.15, -0.1) is 0 Å². The molecular formula is C26H38N2O4Si. The minimum atomic E-state index is -3.71. The standard InChI is InChI=1S/C26H38N2O4Si/c1-7-27(8-2)21-13-17-23(18-14-21)33(25(29)31-11-5,26(30)32-12-6)24-19-15-22(16-20-24)28(9-3)10-4/h13-20H,7-12H2,1-6H3. The lowest BCUT2D eigenvalue weighted by Crippen LogP contribution is -2.70. The van der Waals surface area contributed by atoms with Crippen LogP contribution in [0.15, 0.2) is 48.5 Å². The number of carbonyl (C=O) groups excluding carboxylic acids is 2. The summed E-state index contributed by atoms with van der Waals surface area (Å²) >= 11 is 0. The number of rotatable bonds is 12. The van der Waals surface area contributed by atoms with Crippen LogP contribution in [0.2, 0.25) is 0 Å².